The van der Waals surface area contributed by atoms with Crippen LogP contribution in [0, 0.1) is 19.8 Å². The highest BCUT2D eigenvalue weighted by Crippen LogP contribution is 2.35. The molecule has 1 aliphatic heterocycles. The van der Waals surface area contributed by atoms with E-state index in [1.54, 1.807) is 11.3 Å². The molecule has 0 aromatic carbocycles. The Morgan fingerprint density at radius 3 is 2.88 bits per heavy atom. The van der Waals surface area contributed by atoms with E-state index in [2.05, 4.69) is 59.9 Å². The Bertz CT molecular complexity index is 718. The number of aromatic nitrogens is 2. The molecule has 2 aromatic rings. The maximum absolute atomic E-state index is 12.8. The summed E-state index contributed by atoms with van der Waals surface area (Å²) in [6.45, 7) is 10.4. The summed E-state index contributed by atoms with van der Waals surface area (Å²) < 4.78 is 2.10. The molecular formula is C20H29N3OS. The summed E-state index contributed by atoms with van der Waals surface area (Å²) >= 11 is 1.76. The molecule has 5 heteroatoms. The summed E-state index contributed by atoms with van der Waals surface area (Å²) in [6.07, 6.45) is 3.58. The van der Waals surface area contributed by atoms with Crippen molar-refractivity contribution in [3.8, 4) is 0 Å². The smallest absolute Gasteiger partial charge is 0.223 e. The zero-order chi connectivity index (χ0) is 18.0. The summed E-state index contributed by atoms with van der Waals surface area (Å²) in [5.41, 5.74) is 3.54. The lowest BCUT2D eigenvalue weighted by Gasteiger charge is -2.24. The fraction of sp³-hybridized carbons (Fsp3) is 0.600. The average molecular weight is 360 g/mol. The molecule has 2 aromatic heterocycles. The third-order valence-corrected chi connectivity index (χ3v) is 6.08. The highest BCUT2D eigenvalue weighted by atomic mass is 32.1. The Balaban J connectivity index is 1.65. The van der Waals surface area contributed by atoms with Crippen LogP contribution in [0.1, 0.15) is 61.0 Å². The molecule has 1 aliphatic rings. The summed E-state index contributed by atoms with van der Waals surface area (Å²) in [6, 6.07) is 4.53. The third kappa shape index (κ3) is 3.97. The highest BCUT2D eigenvalue weighted by molar-refractivity contribution is 7.10. The standard InChI is InChI=1S/C20H29N3OS/c1-14(2)13-23-16(4)17(15(3)21-23)9-10-20(24)22-11-5-7-18(22)19-8-6-12-25-19/h6,8,12,14,18H,5,7,9-11,13H2,1-4H3. The van der Waals surface area contributed by atoms with Crippen LogP contribution in [0.2, 0.25) is 0 Å². The van der Waals surface area contributed by atoms with Gasteiger partial charge in [-0.2, -0.15) is 5.10 Å². The van der Waals surface area contributed by atoms with Crippen LogP contribution in [0.5, 0.6) is 0 Å². The van der Waals surface area contributed by atoms with E-state index in [4.69, 9.17) is 0 Å². The van der Waals surface area contributed by atoms with Crippen molar-refractivity contribution in [2.45, 2.75) is 66.0 Å². The van der Waals surface area contributed by atoms with E-state index < -0.39 is 0 Å². The summed E-state index contributed by atoms with van der Waals surface area (Å²) in [5.74, 6) is 0.856. The van der Waals surface area contributed by atoms with Gasteiger partial charge >= 0.3 is 0 Å². The Labute approximate surface area is 154 Å². The monoisotopic (exact) mass is 359 g/mol. The maximum Gasteiger partial charge on any atom is 0.223 e. The van der Waals surface area contributed by atoms with E-state index in [-0.39, 0.29) is 5.91 Å². The van der Waals surface area contributed by atoms with Gasteiger partial charge in [-0.25, -0.2) is 0 Å². The minimum absolute atomic E-state index is 0.284. The molecule has 4 nitrogen and oxygen atoms in total. The first-order valence-electron chi connectivity index (χ1n) is 9.33. The van der Waals surface area contributed by atoms with Crippen LogP contribution in [0.3, 0.4) is 0 Å². The number of amides is 1. The number of hydrogen-bond donors (Lipinski definition) is 0. The molecule has 0 bridgehead atoms. The number of carbonyl (C=O) groups excluding carboxylic acids is 1. The van der Waals surface area contributed by atoms with Crippen LogP contribution >= 0.6 is 11.3 Å². The zero-order valence-electron chi connectivity index (χ0n) is 15.8. The van der Waals surface area contributed by atoms with Gasteiger partial charge < -0.3 is 4.90 Å². The van der Waals surface area contributed by atoms with Gasteiger partial charge in [-0.1, -0.05) is 19.9 Å². The zero-order valence-corrected chi connectivity index (χ0v) is 16.6. The first kappa shape index (κ1) is 18.2. The Hall–Kier alpha value is -1.62. The minimum Gasteiger partial charge on any atom is -0.335 e. The van der Waals surface area contributed by atoms with Crippen molar-refractivity contribution in [2.24, 2.45) is 5.92 Å². The van der Waals surface area contributed by atoms with Gasteiger partial charge in [0, 0.05) is 30.1 Å². The van der Waals surface area contributed by atoms with E-state index in [9.17, 15) is 4.79 Å². The first-order chi connectivity index (χ1) is 12.0. The molecule has 0 N–H and O–H groups in total. The summed E-state index contributed by atoms with van der Waals surface area (Å²) in [7, 11) is 0. The van der Waals surface area contributed by atoms with E-state index in [0.717, 1.165) is 38.0 Å². The molecular weight excluding hydrogens is 330 g/mol. The lowest BCUT2D eigenvalue weighted by Crippen LogP contribution is -2.30. The number of nitrogens with zero attached hydrogens (tertiary/aromatic N) is 3. The minimum atomic E-state index is 0.284. The molecule has 0 radical (unpaired) electrons. The van der Waals surface area contributed by atoms with Crippen LogP contribution in [0.4, 0.5) is 0 Å². The second-order valence-electron chi connectivity index (χ2n) is 7.49. The number of rotatable bonds is 6. The number of hydrogen-bond acceptors (Lipinski definition) is 3. The molecule has 1 unspecified atom stereocenters. The van der Waals surface area contributed by atoms with Crippen molar-refractivity contribution in [3.63, 3.8) is 0 Å². The second kappa shape index (κ2) is 7.73. The quantitative estimate of drug-likeness (QED) is 0.761. The summed E-state index contributed by atoms with van der Waals surface area (Å²) in [5, 5.41) is 6.78. The van der Waals surface area contributed by atoms with Gasteiger partial charge in [0.1, 0.15) is 0 Å². The lowest BCUT2D eigenvalue weighted by atomic mass is 10.1. The molecule has 1 saturated heterocycles. The first-order valence-corrected chi connectivity index (χ1v) is 10.2. The SMILES string of the molecule is Cc1nn(CC(C)C)c(C)c1CCC(=O)N1CCCC1c1cccs1. The van der Waals surface area contributed by atoms with E-state index in [1.165, 1.54) is 16.1 Å². The molecule has 0 saturated carbocycles. The fourth-order valence-corrected chi connectivity index (χ4v) is 4.71. The molecule has 1 fully saturated rings. The van der Waals surface area contributed by atoms with E-state index in [0.29, 0.717) is 18.4 Å². The van der Waals surface area contributed by atoms with Crippen LogP contribution in [0.15, 0.2) is 17.5 Å². The molecule has 3 rings (SSSR count). The van der Waals surface area contributed by atoms with Crippen LogP contribution in [-0.2, 0) is 17.8 Å². The molecule has 136 valence electrons. The van der Waals surface area contributed by atoms with Gasteiger partial charge in [0.25, 0.3) is 0 Å². The van der Waals surface area contributed by atoms with Crippen molar-refractivity contribution >= 4 is 17.2 Å². The predicted molar refractivity (Wildman–Crippen MR) is 103 cm³/mol. The normalized spacial score (nSPS) is 17.6. The predicted octanol–water partition coefficient (Wildman–Crippen LogP) is 4.51. The summed E-state index contributed by atoms with van der Waals surface area (Å²) in [4.78, 5) is 16.2. The molecule has 0 aliphatic carbocycles. The fourth-order valence-electron chi connectivity index (χ4n) is 3.84. The van der Waals surface area contributed by atoms with Crippen molar-refractivity contribution < 1.29 is 4.79 Å². The Morgan fingerprint density at radius 1 is 1.40 bits per heavy atom. The van der Waals surface area contributed by atoms with Gasteiger partial charge in [-0.15, -0.1) is 11.3 Å². The molecule has 0 spiro atoms. The molecule has 3 heterocycles. The molecule has 1 amide bonds. The van der Waals surface area contributed by atoms with Crippen molar-refractivity contribution in [3.05, 3.63) is 39.3 Å². The van der Waals surface area contributed by atoms with Gasteiger partial charge in [-0.05, 0) is 56.0 Å². The lowest BCUT2D eigenvalue weighted by molar-refractivity contribution is -0.132. The highest BCUT2D eigenvalue weighted by Gasteiger charge is 2.30. The molecule has 1 atom stereocenters. The van der Waals surface area contributed by atoms with Crippen LogP contribution in [-0.4, -0.2) is 27.1 Å². The van der Waals surface area contributed by atoms with Crippen molar-refractivity contribution in [1.82, 2.24) is 14.7 Å². The topological polar surface area (TPSA) is 38.1 Å². The van der Waals surface area contributed by atoms with Crippen molar-refractivity contribution in [1.29, 1.82) is 0 Å². The van der Waals surface area contributed by atoms with Gasteiger partial charge in [0.15, 0.2) is 0 Å². The maximum atomic E-state index is 12.8. The van der Waals surface area contributed by atoms with E-state index >= 15 is 0 Å². The number of likely N-dealkylation sites (tertiary alicyclic amines) is 1. The largest absolute Gasteiger partial charge is 0.335 e. The van der Waals surface area contributed by atoms with Gasteiger partial charge in [0.2, 0.25) is 5.91 Å². The number of carbonyl (C=O) groups is 1. The Kier molecular flexibility index (Phi) is 5.62. The van der Waals surface area contributed by atoms with Crippen molar-refractivity contribution in [2.75, 3.05) is 6.54 Å². The molecule has 25 heavy (non-hydrogen) atoms. The van der Waals surface area contributed by atoms with Gasteiger partial charge in [-0.3, -0.25) is 9.48 Å². The van der Waals surface area contributed by atoms with E-state index in [1.807, 2.05) is 0 Å². The Morgan fingerprint density at radius 2 is 2.20 bits per heavy atom. The van der Waals surface area contributed by atoms with Crippen LogP contribution in [0.25, 0.3) is 0 Å². The van der Waals surface area contributed by atoms with Gasteiger partial charge in [0.05, 0.1) is 11.7 Å². The van der Waals surface area contributed by atoms with Crippen LogP contribution < -0.4 is 0 Å². The number of aryl methyl sites for hydroxylation is 1. The number of thiophene rings is 1. The third-order valence-electron chi connectivity index (χ3n) is 5.10. The second-order valence-corrected chi connectivity index (χ2v) is 8.47. The average Bonchev–Trinajstić information content (AvgIpc) is 3.27.